The fraction of sp³-hybridized carbons (Fsp3) is 0.294. The van der Waals surface area contributed by atoms with Crippen LogP contribution in [0.4, 0.5) is 5.69 Å². The second kappa shape index (κ2) is 6.75. The van der Waals surface area contributed by atoms with E-state index in [2.05, 4.69) is 5.32 Å². The van der Waals surface area contributed by atoms with Gasteiger partial charge in [-0.1, -0.05) is 6.07 Å². The van der Waals surface area contributed by atoms with Gasteiger partial charge in [-0.2, -0.15) is 0 Å². The van der Waals surface area contributed by atoms with Crippen molar-refractivity contribution in [1.82, 2.24) is 0 Å². The number of thiophene rings is 1. The molecule has 1 heterocycles. The summed E-state index contributed by atoms with van der Waals surface area (Å²) in [7, 11) is 0. The van der Waals surface area contributed by atoms with E-state index in [1.165, 1.54) is 0 Å². The molecule has 0 spiro atoms. The number of benzene rings is 1. The molecular formula is C17H19NO3S. The van der Waals surface area contributed by atoms with Gasteiger partial charge in [0.05, 0.1) is 5.69 Å². The van der Waals surface area contributed by atoms with Crippen molar-refractivity contribution in [2.75, 3.05) is 5.32 Å². The Morgan fingerprint density at radius 1 is 1.14 bits per heavy atom. The van der Waals surface area contributed by atoms with Crippen LogP contribution in [0.3, 0.4) is 0 Å². The first kappa shape index (κ1) is 16.2. The van der Waals surface area contributed by atoms with Gasteiger partial charge in [0.1, 0.15) is 5.75 Å². The summed E-state index contributed by atoms with van der Waals surface area (Å²) in [5, 5.41) is 12.4. The van der Waals surface area contributed by atoms with Crippen LogP contribution < -0.4 is 5.32 Å². The van der Waals surface area contributed by atoms with Gasteiger partial charge in [0.2, 0.25) is 5.91 Å². The van der Waals surface area contributed by atoms with Gasteiger partial charge in [-0.25, -0.2) is 0 Å². The van der Waals surface area contributed by atoms with E-state index >= 15 is 0 Å². The molecule has 2 N–H and O–H groups in total. The summed E-state index contributed by atoms with van der Waals surface area (Å²) in [6.45, 7) is 5.73. The van der Waals surface area contributed by atoms with Crippen molar-refractivity contribution >= 4 is 28.7 Å². The molecule has 0 aliphatic rings. The molecule has 0 saturated carbocycles. The van der Waals surface area contributed by atoms with Gasteiger partial charge in [0.25, 0.3) is 0 Å². The van der Waals surface area contributed by atoms with E-state index in [0.29, 0.717) is 11.3 Å². The minimum Gasteiger partial charge on any atom is -0.506 e. The highest BCUT2D eigenvalue weighted by Crippen LogP contribution is 2.25. The number of ketones is 1. The van der Waals surface area contributed by atoms with Crippen LogP contribution in [0.25, 0.3) is 0 Å². The molecule has 0 unspecified atom stereocenters. The van der Waals surface area contributed by atoms with Gasteiger partial charge in [-0.05, 0) is 44.5 Å². The first-order valence-electron chi connectivity index (χ1n) is 7.06. The molecule has 0 atom stereocenters. The lowest BCUT2D eigenvalue weighted by Crippen LogP contribution is -2.13. The van der Waals surface area contributed by atoms with Crippen molar-refractivity contribution in [3.8, 4) is 5.75 Å². The fourth-order valence-electron chi connectivity index (χ4n) is 2.23. The second-order valence-electron chi connectivity index (χ2n) is 5.32. The maximum atomic E-state index is 12.1. The highest BCUT2D eigenvalue weighted by molar-refractivity contribution is 7.12. The highest BCUT2D eigenvalue weighted by atomic mass is 32.1. The Kier molecular flexibility index (Phi) is 4.98. The van der Waals surface area contributed by atoms with E-state index in [-0.39, 0.29) is 30.3 Å². The Hall–Kier alpha value is -2.14. The molecule has 116 valence electrons. The number of rotatable bonds is 5. The van der Waals surface area contributed by atoms with E-state index < -0.39 is 0 Å². The first-order valence-corrected chi connectivity index (χ1v) is 7.88. The van der Waals surface area contributed by atoms with Crippen molar-refractivity contribution in [1.29, 1.82) is 0 Å². The summed E-state index contributed by atoms with van der Waals surface area (Å²) in [4.78, 5) is 26.1. The maximum Gasteiger partial charge on any atom is 0.224 e. The minimum atomic E-state index is -0.280. The van der Waals surface area contributed by atoms with Gasteiger partial charge in [-0.15, -0.1) is 11.3 Å². The van der Waals surface area contributed by atoms with Crippen LogP contribution in [0.15, 0.2) is 24.3 Å². The smallest absolute Gasteiger partial charge is 0.224 e. The molecule has 1 amide bonds. The number of phenols is 1. The summed E-state index contributed by atoms with van der Waals surface area (Å²) in [6, 6.07) is 6.90. The van der Waals surface area contributed by atoms with Crippen molar-refractivity contribution in [3.63, 3.8) is 0 Å². The standard InChI is InChI=1S/C17H19NO3S/c1-10-4-5-14(16(20)8-10)18-17(21)7-6-15(19)13-9-11(2)22-12(13)3/h4-5,8-9,20H,6-7H2,1-3H3,(H,18,21). The Morgan fingerprint density at radius 3 is 2.45 bits per heavy atom. The lowest BCUT2D eigenvalue weighted by Gasteiger charge is -2.07. The van der Waals surface area contributed by atoms with Crippen LogP contribution >= 0.6 is 11.3 Å². The zero-order valence-electron chi connectivity index (χ0n) is 12.9. The molecule has 2 aromatic rings. The zero-order valence-corrected chi connectivity index (χ0v) is 13.7. The van der Waals surface area contributed by atoms with Crippen molar-refractivity contribution in [2.45, 2.75) is 33.6 Å². The lowest BCUT2D eigenvalue weighted by atomic mass is 10.1. The molecule has 1 aromatic heterocycles. The Morgan fingerprint density at radius 2 is 1.86 bits per heavy atom. The van der Waals surface area contributed by atoms with Gasteiger partial charge < -0.3 is 10.4 Å². The number of Topliss-reactive ketones (excluding diaryl/α,β-unsaturated/α-hetero) is 1. The molecular weight excluding hydrogens is 298 g/mol. The Balaban J connectivity index is 1.92. The molecule has 0 aliphatic heterocycles. The number of anilines is 1. The predicted octanol–water partition coefficient (Wildman–Crippen LogP) is 3.98. The molecule has 0 aliphatic carbocycles. The summed E-state index contributed by atoms with van der Waals surface area (Å²) >= 11 is 1.58. The van der Waals surface area contributed by atoms with E-state index in [1.54, 1.807) is 29.5 Å². The summed E-state index contributed by atoms with van der Waals surface area (Å²) < 4.78 is 0. The summed E-state index contributed by atoms with van der Waals surface area (Å²) in [6.07, 6.45) is 0.260. The molecule has 5 heteroatoms. The topological polar surface area (TPSA) is 66.4 Å². The lowest BCUT2D eigenvalue weighted by molar-refractivity contribution is -0.116. The molecule has 1 aromatic carbocycles. The molecule has 0 saturated heterocycles. The van der Waals surface area contributed by atoms with Crippen LogP contribution in [0.5, 0.6) is 5.75 Å². The summed E-state index contributed by atoms with van der Waals surface area (Å²) in [5.41, 5.74) is 1.98. The van der Waals surface area contributed by atoms with Crippen molar-refractivity contribution < 1.29 is 14.7 Å². The van der Waals surface area contributed by atoms with E-state index in [1.807, 2.05) is 26.8 Å². The number of hydrogen-bond donors (Lipinski definition) is 2. The third-order valence-electron chi connectivity index (χ3n) is 3.35. The normalized spacial score (nSPS) is 10.5. The maximum absolute atomic E-state index is 12.1. The molecule has 4 nitrogen and oxygen atoms in total. The SMILES string of the molecule is Cc1ccc(NC(=O)CCC(=O)c2cc(C)sc2C)c(O)c1. The number of nitrogens with one attached hydrogen (secondary N) is 1. The van der Waals surface area contributed by atoms with E-state index in [9.17, 15) is 14.7 Å². The van der Waals surface area contributed by atoms with Crippen LogP contribution in [0, 0.1) is 20.8 Å². The van der Waals surface area contributed by atoms with E-state index in [0.717, 1.165) is 15.3 Å². The molecule has 0 fully saturated rings. The number of hydrogen-bond acceptors (Lipinski definition) is 4. The predicted molar refractivity (Wildman–Crippen MR) is 88.8 cm³/mol. The van der Waals surface area contributed by atoms with Crippen LogP contribution in [-0.2, 0) is 4.79 Å². The van der Waals surface area contributed by atoms with Crippen LogP contribution in [0.2, 0.25) is 0 Å². The number of amides is 1. The molecule has 22 heavy (non-hydrogen) atoms. The van der Waals surface area contributed by atoms with E-state index in [4.69, 9.17) is 0 Å². The van der Waals surface area contributed by atoms with Crippen LogP contribution in [-0.4, -0.2) is 16.8 Å². The van der Waals surface area contributed by atoms with Crippen LogP contribution in [0.1, 0.15) is 38.5 Å². The van der Waals surface area contributed by atoms with Gasteiger partial charge in [0, 0.05) is 28.2 Å². The number of carbonyl (C=O) groups is 2. The Labute approximate surface area is 133 Å². The van der Waals surface area contributed by atoms with Crippen molar-refractivity contribution in [2.24, 2.45) is 0 Å². The largest absolute Gasteiger partial charge is 0.506 e. The minimum absolute atomic E-state index is 0.0230. The highest BCUT2D eigenvalue weighted by Gasteiger charge is 2.14. The number of phenolic OH excluding ortho intramolecular Hbond substituents is 1. The van der Waals surface area contributed by atoms with Gasteiger partial charge in [0.15, 0.2) is 5.78 Å². The molecule has 2 rings (SSSR count). The third kappa shape index (κ3) is 3.95. The molecule has 0 bridgehead atoms. The average Bonchev–Trinajstić information content (AvgIpc) is 2.78. The Bertz CT molecular complexity index is 719. The second-order valence-corrected chi connectivity index (χ2v) is 6.78. The van der Waals surface area contributed by atoms with Crippen molar-refractivity contribution in [3.05, 3.63) is 45.1 Å². The first-order chi connectivity index (χ1) is 10.4. The van der Waals surface area contributed by atoms with Gasteiger partial charge in [-0.3, -0.25) is 9.59 Å². The third-order valence-corrected chi connectivity index (χ3v) is 4.31. The fourth-order valence-corrected chi connectivity index (χ4v) is 3.17. The molecule has 0 radical (unpaired) electrons. The number of aryl methyl sites for hydroxylation is 3. The number of carbonyl (C=O) groups excluding carboxylic acids is 2. The summed E-state index contributed by atoms with van der Waals surface area (Å²) in [5.74, 6) is -0.272. The monoisotopic (exact) mass is 317 g/mol. The average molecular weight is 317 g/mol. The quantitative estimate of drug-likeness (QED) is 0.647. The zero-order chi connectivity index (χ0) is 16.3. The number of aromatic hydroxyl groups is 1. The van der Waals surface area contributed by atoms with Gasteiger partial charge >= 0.3 is 0 Å².